The van der Waals surface area contributed by atoms with Crippen molar-refractivity contribution in [3.63, 3.8) is 0 Å². The second-order valence-electron chi connectivity index (χ2n) is 5.25. The molecule has 94 valence electrons. The van der Waals surface area contributed by atoms with Crippen molar-refractivity contribution in [2.75, 3.05) is 0 Å². The first-order chi connectivity index (χ1) is 8.20. The third-order valence-corrected chi connectivity index (χ3v) is 3.98. The lowest BCUT2D eigenvalue weighted by atomic mass is 9.78. The van der Waals surface area contributed by atoms with Crippen molar-refractivity contribution < 1.29 is 5.11 Å². The number of aliphatic hydroxyl groups is 1. The van der Waals surface area contributed by atoms with Gasteiger partial charge < -0.3 is 5.11 Å². The molecule has 3 heteroatoms. The van der Waals surface area contributed by atoms with Gasteiger partial charge >= 0.3 is 0 Å². The molecule has 3 nitrogen and oxygen atoms in total. The van der Waals surface area contributed by atoms with Crippen LogP contribution in [-0.2, 0) is 0 Å². The fourth-order valence-electron chi connectivity index (χ4n) is 2.68. The van der Waals surface area contributed by atoms with E-state index in [-0.39, 0.29) is 0 Å². The molecule has 1 saturated carbocycles. The molecule has 1 aromatic rings. The maximum absolute atomic E-state index is 10.3. The Morgan fingerprint density at radius 3 is 2.35 bits per heavy atom. The van der Waals surface area contributed by atoms with Gasteiger partial charge in [0.25, 0.3) is 0 Å². The number of nitrogens with zero attached hydrogens (tertiary/aromatic N) is 2. The summed E-state index contributed by atoms with van der Waals surface area (Å²) in [5.41, 5.74) is 1.04. The average Bonchev–Trinajstić information content (AvgIpc) is 2.39. The van der Waals surface area contributed by atoms with E-state index in [1.807, 2.05) is 6.92 Å². The lowest BCUT2D eigenvalue weighted by molar-refractivity contribution is 0.0659. The predicted molar refractivity (Wildman–Crippen MR) is 67.5 cm³/mol. The predicted octanol–water partition coefficient (Wildman–Crippen LogP) is 3.03. The zero-order valence-electron chi connectivity index (χ0n) is 10.8. The van der Waals surface area contributed by atoms with E-state index in [9.17, 15) is 5.11 Å². The molecular weight excluding hydrogens is 212 g/mol. The lowest BCUT2D eigenvalue weighted by Gasteiger charge is -2.30. The Balaban J connectivity index is 1.96. The molecule has 0 aromatic carbocycles. The highest BCUT2D eigenvalue weighted by molar-refractivity contribution is 5.04. The van der Waals surface area contributed by atoms with E-state index in [1.165, 1.54) is 19.3 Å². The van der Waals surface area contributed by atoms with Crippen LogP contribution in [0.1, 0.15) is 56.5 Å². The molecule has 1 N–H and O–H groups in total. The number of hydrogen-bond donors (Lipinski definition) is 1. The van der Waals surface area contributed by atoms with Gasteiger partial charge in [-0.05, 0) is 37.2 Å². The molecule has 0 amide bonds. The second kappa shape index (κ2) is 5.58. The van der Waals surface area contributed by atoms with Gasteiger partial charge in [0.15, 0.2) is 5.82 Å². The van der Waals surface area contributed by atoms with Gasteiger partial charge in [-0.25, -0.2) is 9.97 Å². The molecule has 1 aliphatic carbocycles. The molecule has 0 radical (unpaired) electrons. The van der Waals surface area contributed by atoms with Crippen LogP contribution in [0.3, 0.4) is 0 Å². The Morgan fingerprint density at radius 2 is 1.82 bits per heavy atom. The lowest BCUT2D eigenvalue weighted by Crippen LogP contribution is -2.21. The van der Waals surface area contributed by atoms with Crippen LogP contribution in [0, 0.1) is 18.8 Å². The van der Waals surface area contributed by atoms with Crippen LogP contribution in [0.4, 0.5) is 0 Å². The van der Waals surface area contributed by atoms with Gasteiger partial charge in [-0.15, -0.1) is 0 Å². The average molecular weight is 234 g/mol. The number of aliphatic hydroxyl groups excluding tert-OH is 1. The van der Waals surface area contributed by atoms with Crippen molar-refractivity contribution in [1.29, 1.82) is 0 Å². The van der Waals surface area contributed by atoms with E-state index in [0.29, 0.717) is 11.7 Å². The van der Waals surface area contributed by atoms with Crippen LogP contribution in [0.2, 0.25) is 0 Å². The normalized spacial score (nSPS) is 26.8. The summed E-state index contributed by atoms with van der Waals surface area (Å²) >= 11 is 0. The Kier molecular flexibility index (Phi) is 4.11. The minimum atomic E-state index is -0.478. The number of aryl methyl sites for hydroxylation is 1. The highest BCUT2D eigenvalue weighted by atomic mass is 16.3. The Morgan fingerprint density at radius 1 is 1.24 bits per heavy atom. The van der Waals surface area contributed by atoms with Crippen molar-refractivity contribution in [3.05, 3.63) is 23.8 Å². The van der Waals surface area contributed by atoms with Crippen LogP contribution in [0.5, 0.6) is 0 Å². The summed E-state index contributed by atoms with van der Waals surface area (Å²) in [5.74, 6) is 1.80. The maximum Gasteiger partial charge on any atom is 0.157 e. The molecule has 1 aliphatic rings. The van der Waals surface area contributed by atoms with Gasteiger partial charge in [0.2, 0.25) is 0 Å². The summed E-state index contributed by atoms with van der Waals surface area (Å²) in [4.78, 5) is 8.46. The summed E-state index contributed by atoms with van der Waals surface area (Å²) in [6, 6.07) is 0. The monoisotopic (exact) mass is 234 g/mol. The topological polar surface area (TPSA) is 46.0 Å². The highest BCUT2D eigenvalue weighted by Gasteiger charge is 2.27. The Labute approximate surface area is 103 Å². The largest absolute Gasteiger partial charge is 0.385 e. The van der Waals surface area contributed by atoms with E-state index in [1.54, 1.807) is 12.4 Å². The summed E-state index contributed by atoms with van der Waals surface area (Å²) in [6.45, 7) is 4.22. The van der Waals surface area contributed by atoms with E-state index >= 15 is 0 Å². The van der Waals surface area contributed by atoms with Crippen LogP contribution in [-0.4, -0.2) is 15.1 Å². The van der Waals surface area contributed by atoms with E-state index < -0.39 is 6.10 Å². The van der Waals surface area contributed by atoms with E-state index in [0.717, 1.165) is 24.3 Å². The van der Waals surface area contributed by atoms with Crippen molar-refractivity contribution in [2.24, 2.45) is 11.8 Å². The molecule has 0 saturated heterocycles. The molecule has 0 aliphatic heterocycles. The third-order valence-electron chi connectivity index (χ3n) is 3.98. The molecule has 17 heavy (non-hydrogen) atoms. The maximum atomic E-state index is 10.3. The van der Waals surface area contributed by atoms with Crippen LogP contribution >= 0.6 is 0 Å². The summed E-state index contributed by atoms with van der Waals surface area (Å²) in [6.07, 6.45) is 9.05. The molecule has 0 bridgehead atoms. The zero-order valence-corrected chi connectivity index (χ0v) is 10.8. The van der Waals surface area contributed by atoms with Gasteiger partial charge in [0, 0.05) is 12.4 Å². The van der Waals surface area contributed by atoms with Gasteiger partial charge in [-0.3, -0.25) is 0 Å². The van der Waals surface area contributed by atoms with Gasteiger partial charge in [-0.2, -0.15) is 0 Å². The fourth-order valence-corrected chi connectivity index (χ4v) is 2.68. The summed E-state index contributed by atoms with van der Waals surface area (Å²) in [5, 5.41) is 10.3. The molecule has 0 spiro atoms. The molecule has 1 fully saturated rings. The van der Waals surface area contributed by atoms with E-state index in [4.69, 9.17) is 0 Å². The first kappa shape index (κ1) is 12.5. The molecule has 1 unspecified atom stereocenters. The summed E-state index contributed by atoms with van der Waals surface area (Å²) < 4.78 is 0. The van der Waals surface area contributed by atoms with Crippen LogP contribution < -0.4 is 0 Å². The third kappa shape index (κ3) is 3.03. The van der Waals surface area contributed by atoms with Crippen LogP contribution in [0.15, 0.2) is 12.4 Å². The summed E-state index contributed by atoms with van der Waals surface area (Å²) in [7, 11) is 0. The quantitative estimate of drug-likeness (QED) is 0.874. The minimum Gasteiger partial charge on any atom is -0.385 e. The zero-order chi connectivity index (χ0) is 12.3. The van der Waals surface area contributed by atoms with Gasteiger partial charge in [0.1, 0.15) is 6.10 Å². The standard InChI is InChI=1S/C14H22N2O/c1-3-11-4-6-12(7-5-11)13(17)14-15-8-10(2)9-16-14/h8-9,11-13,17H,3-7H2,1-2H3. The van der Waals surface area contributed by atoms with Gasteiger partial charge in [0.05, 0.1) is 0 Å². The Hall–Kier alpha value is -0.960. The molecule has 1 aromatic heterocycles. The van der Waals surface area contributed by atoms with Crippen molar-refractivity contribution in [1.82, 2.24) is 9.97 Å². The minimum absolute atomic E-state index is 0.348. The number of rotatable bonds is 3. The first-order valence-corrected chi connectivity index (χ1v) is 6.67. The fraction of sp³-hybridized carbons (Fsp3) is 0.714. The molecule has 1 heterocycles. The van der Waals surface area contributed by atoms with Gasteiger partial charge in [-0.1, -0.05) is 26.2 Å². The molecular formula is C14H22N2O. The van der Waals surface area contributed by atoms with Crippen molar-refractivity contribution >= 4 is 0 Å². The SMILES string of the molecule is CCC1CCC(C(O)c2ncc(C)cn2)CC1. The Bertz CT molecular complexity index is 342. The first-order valence-electron chi connectivity index (χ1n) is 6.67. The van der Waals surface area contributed by atoms with Crippen molar-refractivity contribution in [2.45, 2.75) is 52.1 Å². The number of hydrogen-bond acceptors (Lipinski definition) is 3. The van der Waals surface area contributed by atoms with E-state index in [2.05, 4.69) is 16.9 Å². The highest BCUT2D eigenvalue weighted by Crippen LogP contribution is 2.36. The smallest absolute Gasteiger partial charge is 0.157 e. The number of aromatic nitrogens is 2. The molecule has 2 rings (SSSR count). The van der Waals surface area contributed by atoms with Crippen molar-refractivity contribution in [3.8, 4) is 0 Å². The van der Waals surface area contributed by atoms with Crippen LogP contribution in [0.25, 0.3) is 0 Å². The second-order valence-corrected chi connectivity index (χ2v) is 5.25. The molecule has 1 atom stereocenters.